The first-order valence-electron chi connectivity index (χ1n) is 10.6. The number of fused-ring (bicyclic) bond motifs is 1. The third-order valence-electron chi connectivity index (χ3n) is 5.90. The summed E-state index contributed by atoms with van der Waals surface area (Å²) in [6.07, 6.45) is 1.07. The van der Waals surface area contributed by atoms with Crippen molar-refractivity contribution in [1.82, 2.24) is 4.98 Å². The van der Waals surface area contributed by atoms with E-state index in [2.05, 4.69) is 31.3 Å². The zero-order chi connectivity index (χ0) is 22.8. The highest BCUT2D eigenvalue weighted by Crippen LogP contribution is 2.35. The molecule has 0 saturated heterocycles. The fourth-order valence-electron chi connectivity index (χ4n) is 3.87. The van der Waals surface area contributed by atoms with E-state index in [0.29, 0.717) is 27.2 Å². The van der Waals surface area contributed by atoms with Crippen molar-refractivity contribution in [3.05, 3.63) is 93.5 Å². The maximum atomic E-state index is 13.5. The molecule has 0 radical (unpaired) electrons. The Labute approximate surface area is 198 Å². The summed E-state index contributed by atoms with van der Waals surface area (Å²) in [5.74, 6) is 0.307. The van der Waals surface area contributed by atoms with Crippen LogP contribution in [-0.4, -0.2) is 10.9 Å². The van der Waals surface area contributed by atoms with Gasteiger partial charge in [-0.25, -0.2) is 4.98 Å². The molecule has 1 heterocycles. The quantitative estimate of drug-likeness (QED) is 0.324. The molecule has 0 aliphatic rings. The zero-order valence-electron chi connectivity index (χ0n) is 18.2. The largest absolute Gasteiger partial charge is 0.322 e. The van der Waals surface area contributed by atoms with Gasteiger partial charge < -0.3 is 5.32 Å². The van der Waals surface area contributed by atoms with Gasteiger partial charge in [-0.05, 0) is 66.8 Å². The zero-order valence-corrected chi connectivity index (χ0v) is 19.8. The molecule has 1 atom stereocenters. The lowest BCUT2D eigenvalue weighted by molar-refractivity contribution is 0.102. The maximum Gasteiger partial charge on any atom is 0.256 e. The second-order valence-corrected chi connectivity index (χ2v) is 8.83. The number of hydrogen-bond acceptors (Lipinski definition) is 2. The maximum absolute atomic E-state index is 13.5. The fourth-order valence-corrected chi connectivity index (χ4v) is 4.37. The van der Waals surface area contributed by atoms with E-state index in [1.807, 2.05) is 49.4 Å². The van der Waals surface area contributed by atoms with Crippen LogP contribution < -0.4 is 5.32 Å². The number of nitrogens with one attached hydrogen (secondary N) is 1. The van der Waals surface area contributed by atoms with Crippen LogP contribution in [0.25, 0.3) is 22.2 Å². The van der Waals surface area contributed by atoms with E-state index >= 15 is 0 Å². The third kappa shape index (κ3) is 4.36. The number of carbonyl (C=O) groups is 1. The number of hydrogen-bond donors (Lipinski definition) is 1. The molecule has 0 aliphatic heterocycles. The molecule has 4 aromatic rings. The minimum Gasteiger partial charge on any atom is -0.322 e. The minimum absolute atomic E-state index is 0.177. The molecule has 162 valence electrons. The van der Waals surface area contributed by atoms with Gasteiger partial charge in [0.25, 0.3) is 5.91 Å². The number of benzene rings is 3. The summed E-state index contributed by atoms with van der Waals surface area (Å²) >= 11 is 12.6. The van der Waals surface area contributed by atoms with Crippen LogP contribution in [0, 0.1) is 6.92 Å². The molecule has 0 bridgehead atoms. The monoisotopic (exact) mass is 462 g/mol. The first kappa shape index (κ1) is 22.3. The van der Waals surface area contributed by atoms with Crippen LogP contribution in [0.1, 0.15) is 47.7 Å². The number of carbonyl (C=O) groups excluding carboxylic acids is 1. The Morgan fingerprint density at radius 2 is 1.75 bits per heavy atom. The molecule has 5 heteroatoms. The van der Waals surface area contributed by atoms with Crippen molar-refractivity contribution >= 4 is 45.7 Å². The summed E-state index contributed by atoms with van der Waals surface area (Å²) < 4.78 is 0. The summed E-state index contributed by atoms with van der Waals surface area (Å²) in [7, 11) is 0. The Kier molecular flexibility index (Phi) is 6.50. The minimum atomic E-state index is -0.177. The Morgan fingerprint density at radius 3 is 2.44 bits per heavy atom. The van der Waals surface area contributed by atoms with Crippen molar-refractivity contribution in [2.24, 2.45) is 0 Å². The normalized spacial score (nSPS) is 12.0. The number of aromatic nitrogens is 1. The summed E-state index contributed by atoms with van der Waals surface area (Å²) in [6, 6.07) is 21.0. The number of halogens is 2. The highest BCUT2D eigenvalue weighted by Gasteiger charge is 2.20. The molecule has 4 rings (SSSR count). The average molecular weight is 463 g/mol. The molecule has 0 fully saturated rings. The van der Waals surface area contributed by atoms with Gasteiger partial charge in [0, 0.05) is 21.7 Å². The molecule has 1 aromatic heterocycles. The molecular formula is C27H24Cl2N2O. The molecular weight excluding hydrogens is 439 g/mol. The Bertz CT molecular complexity index is 1300. The van der Waals surface area contributed by atoms with Crippen molar-refractivity contribution < 1.29 is 4.79 Å². The van der Waals surface area contributed by atoms with Crippen LogP contribution in [0.2, 0.25) is 10.0 Å². The summed E-state index contributed by atoms with van der Waals surface area (Å²) in [6.45, 7) is 6.27. The number of pyridine rings is 1. The summed E-state index contributed by atoms with van der Waals surface area (Å²) in [5.41, 5.74) is 5.51. The van der Waals surface area contributed by atoms with E-state index in [-0.39, 0.29) is 5.91 Å². The molecule has 3 aromatic carbocycles. The lowest BCUT2D eigenvalue weighted by atomic mass is 9.96. The highest BCUT2D eigenvalue weighted by molar-refractivity contribution is 6.36. The molecule has 0 unspecified atom stereocenters. The van der Waals surface area contributed by atoms with E-state index < -0.39 is 0 Å². The fraction of sp³-hybridized carbons (Fsp3) is 0.185. The predicted molar refractivity (Wildman–Crippen MR) is 135 cm³/mol. The van der Waals surface area contributed by atoms with Crippen LogP contribution in [-0.2, 0) is 0 Å². The molecule has 32 heavy (non-hydrogen) atoms. The first-order valence-corrected chi connectivity index (χ1v) is 11.4. The topological polar surface area (TPSA) is 42.0 Å². The second-order valence-electron chi connectivity index (χ2n) is 7.99. The van der Waals surface area contributed by atoms with Gasteiger partial charge in [-0.3, -0.25) is 4.79 Å². The van der Waals surface area contributed by atoms with Crippen molar-refractivity contribution in [2.45, 2.75) is 33.1 Å². The van der Waals surface area contributed by atoms with Gasteiger partial charge in [0.15, 0.2) is 0 Å². The number of nitrogens with zero attached hydrogens (tertiary/aromatic N) is 1. The van der Waals surface area contributed by atoms with Crippen LogP contribution in [0.15, 0.2) is 66.7 Å². The van der Waals surface area contributed by atoms with Crippen molar-refractivity contribution in [3.8, 4) is 11.3 Å². The average Bonchev–Trinajstić information content (AvgIpc) is 2.79. The van der Waals surface area contributed by atoms with Crippen LogP contribution in [0.3, 0.4) is 0 Å². The lowest BCUT2D eigenvalue weighted by Crippen LogP contribution is -2.15. The van der Waals surface area contributed by atoms with E-state index in [9.17, 15) is 4.79 Å². The first-order chi connectivity index (χ1) is 15.4. The van der Waals surface area contributed by atoms with Gasteiger partial charge in [0.1, 0.15) is 0 Å². The third-order valence-corrected chi connectivity index (χ3v) is 6.45. The number of anilines is 1. The van der Waals surface area contributed by atoms with E-state index in [1.165, 1.54) is 5.56 Å². The lowest BCUT2D eigenvalue weighted by Gasteiger charge is -2.16. The Balaban J connectivity index is 1.79. The second kappa shape index (κ2) is 9.32. The standard InChI is InChI=1S/C27H24Cl2N2O/c1-4-16(2)18-9-12-20(13-10-18)30-27(32)25-17(3)26(21-14-11-19(28)15-23(21)29)31-24-8-6-5-7-22(24)25/h5-16H,4H2,1-3H3,(H,30,32)/t16-/m0/s1. The van der Waals surface area contributed by atoms with Crippen molar-refractivity contribution in [2.75, 3.05) is 5.32 Å². The molecule has 0 spiro atoms. The van der Waals surface area contributed by atoms with Gasteiger partial charge in [-0.15, -0.1) is 0 Å². The SMILES string of the molecule is CC[C@H](C)c1ccc(NC(=O)c2c(C)c(-c3ccc(Cl)cc3Cl)nc3ccccc23)cc1. The highest BCUT2D eigenvalue weighted by atomic mass is 35.5. The van der Waals surface area contributed by atoms with E-state index in [1.54, 1.807) is 12.1 Å². The molecule has 0 aliphatic carbocycles. The van der Waals surface area contributed by atoms with Gasteiger partial charge in [-0.2, -0.15) is 0 Å². The molecule has 1 N–H and O–H groups in total. The Hall–Kier alpha value is -2.88. The number of rotatable bonds is 5. The van der Waals surface area contributed by atoms with E-state index in [0.717, 1.165) is 34.1 Å². The summed E-state index contributed by atoms with van der Waals surface area (Å²) in [5, 5.41) is 4.90. The number of amides is 1. The summed E-state index contributed by atoms with van der Waals surface area (Å²) in [4.78, 5) is 18.3. The smallest absolute Gasteiger partial charge is 0.256 e. The number of para-hydroxylation sites is 1. The van der Waals surface area contributed by atoms with Crippen LogP contribution in [0.4, 0.5) is 5.69 Å². The molecule has 1 amide bonds. The van der Waals surface area contributed by atoms with E-state index in [4.69, 9.17) is 28.2 Å². The predicted octanol–water partition coefficient (Wildman–Crippen LogP) is 8.28. The van der Waals surface area contributed by atoms with Gasteiger partial charge in [-0.1, -0.05) is 67.4 Å². The van der Waals surface area contributed by atoms with Gasteiger partial charge in [0.05, 0.1) is 21.8 Å². The van der Waals surface area contributed by atoms with Crippen LogP contribution in [0.5, 0.6) is 0 Å². The van der Waals surface area contributed by atoms with Crippen LogP contribution >= 0.6 is 23.2 Å². The van der Waals surface area contributed by atoms with Gasteiger partial charge in [0.2, 0.25) is 0 Å². The van der Waals surface area contributed by atoms with Crippen molar-refractivity contribution in [1.29, 1.82) is 0 Å². The molecule has 3 nitrogen and oxygen atoms in total. The Morgan fingerprint density at radius 1 is 1.03 bits per heavy atom. The van der Waals surface area contributed by atoms with Gasteiger partial charge >= 0.3 is 0 Å². The van der Waals surface area contributed by atoms with Crippen molar-refractivity contribution in [3.63, 3.8) is 0 Å². The molecule has 0 saturated carbocycles.